The first-order valence-corrected chi connectivity index (χ1v) is 9.60. The van der Waals surface area contributed by atoms with Crippen molar-refractivity contribution in [2.75, 3.05) is 39.5 Å². The number of morpholine rings is 1. The number of nitrogens with zero attached hydrogens (tertiary/aromatic N) is 3. The first-order chi connectivity index (χ1) is 12.7. The van der Waals surface area contributed by atoms with Gasteiger partial charge in [-0.05, 0) is 32.1 Å². The summed E-state index contributed by atoms with van der Waals surface area (Å²) in [5.41, 5.74) is 1.29. The van der Waals surface area contributed by atoms with Gasteiger partial charge in [-0.1, -0.05) is 0 Å². The van der Waals surface area contributed by atoms with Gasteiger partial charge in [-0.2, -0.15) is 0 Å². The molecule has 0 aliphatic carbocycles. The fourth-order valence-electron chi connectivity index (χ4n) is 3.89. The number of imidazole rings is 1. The van der Waals surface area contributed by atoms with E-state index >= 15 is 0 Å². The standard InChI is InChI=1S/C18H26N4O4/c23-17(19-12-13-4-3-9-26-13)15-14-5-1-2-6-22(14)16(20-15)18(24)21-7-10-25-11-8-21/h13H,1-12H2,(H,19,23). The summed E-state index contributed by atoms with van der Waals surface area (Å²) in [6.45, 7) is 4.24. The zero-order chi connectivity index (χ0) is 17.9. The molecule has 2 fully saturated rings. The van der Waals surface area contributed by atoms with Crippen LogP contribution in [0.1, 0.15) is 52.5 Å². The molecule has 142 valence electrons. The Morgan fingerprint density at radius 2 is 1.96 bits per heavy atom. The summed E-state index contributed by atoms with van der Waals surface area (Å²) in [4.78, 5) is 31.9. The van der Waals surface area contributed by atoms with Gasteiger partial charge in [0.15, 0.2) is 5.82 Å². The van der Waals surface area contributed by atoms with E-state index in [2.05, 4.69) is 10.3 Å². The van der Waals surface area contributed by atoms with E-state index in [1.807, 2.05) is 4.57 Å². The van der Waals surface area contributed by atoms with E-state index in [4.69, 9.17) is 9.47 Å². The molecule has 3 aliphatic heterocycles. The lowest BCUT2D eigenvalue weighted by atomic mass is 10.1. The van der Waals surface area contributed by atoms with Crippen molar-refractivity contribution in [3.05, 3.63) is 17.2 Å². The number of carbonyl (C=O) groups excluding carboxylic acids is 2. The molecule has 4 heterocycles. The van der Waals surface area contributed by atoms with Crippen LogP contribution in [0.15, 0.2) is 0 Å². The van der Waals surface area contributed by atoms with Crippen molar-refractivity contribution in [3.8, 4) is 0 Å². The quantitative estimate of drug-likeness (QED) is 0.848. The number of amides is 2. The topological polar surface area (TPSA) is 85.7 Å². The fraction of sp³-hybridized carbons (Fsp3) is 0.722. The zero-order valence-corrected chi connectivity index (χ0v) is 15.0. The molecule has 8 nitrogen and oxygen atoms in total. The van der Waals surface area contributed by atoms with Crippen LogP contribution in [0.5, 0.6) is 0 Å². The van der Waals surface area contributed by atoms with Gasteiger partial charge in [-0.25, -0.2) is 4.98 Å². The maximum Gasteiger partial charge on any atom is 0.290 e. The Bertz CT molecular complexity index is 675. The fourth-order valence-corrected chi connectivity index (χ4v) is 3.89. The zero-order valence-electron chi connectivity index (χ0n) is 15.0. The minimum atomic E-state index is -0.202. The molecule has 1 aromatic heterocycles. The largest absolute Gasteiger partial charge is 0.378 e. The summed E-state index contributed by atoms with van der Waals surface area (Å²) in [6.07, 6.45) is 4.91. The van der Waals surface area contributed by atoms with Crippen molar-refractivity contribution >= 4 is 11.8 Å². The third kappa shape index (κ3) is 3.48. The average molecular weight is 362 g/mol. The highest BCUT2D eigenvalue weighted by Crippen LogP contribution is 2.22. The van der Waals surface area contributed by atoms with Crippen LogP contribution in [0.2, 0.25) is 0 Å². The second-order valence-electron chi connectivity index (χ2n) is 7.09. The molecule has 3 aliphatic rings. The van der Waals surface area contributed by atoms with Gasteiger partial charge in [0.25, 0.3) is 11.8 Å². The molecule has 0 radical (unpaired) electrons. The Labute approximate surface area is 152 Å². The molecular weight excluding hydrogens is 336 g/mol. The van der Waals surface area contributed by atoms with Crippen LogP contribution >= 0.6 is 0 Å². The van der Waals surface area contributed by atoms with E-state index in [1.54, 1.807) is 4.90 Å². The molecule has 0 aromatic carbocycles. The maximum absolute atomic E-state index is 12.9. The maximum atomic E-state index is 12.9. The van der Waals surface area contributed by atoms with E-state index in [1.165, 1.54) is 0 Å². The molecule has 1 atom stereocenters. The predicted octanol–water partition coefficient (Wildman–Crippen LogP) is 0.601. The van der Waals surface area contributed by atoms with Crippen LogP contribution in [0.3, 0.4) is 0 Å². The molecule has 4 rings (SSSR count). The van der Waals surface area contributed by atoms with Crippen molar-refractivity contribution in [2.45, 2.75) is 44.8 Å². The average Bonchev–Trinajstić information content (AvgIpc) is 3.34. The van der Waals surface area contributed by atoms with Crippen molar-refractivity contribution in [2.24, 2.45) is 0 Å². The summed E-state index contributed by atoms with van der Waals surface area (Å²) in [5, 5.41) is 2.94. The molecule has 0 saturated carbocycles. The lowest BCUT2D eigenvalue weighted by Crippen LogP contribution is -2.42. The Kier molecular flexibility index (Phi) is 5.21. The number of rotatable bonds is 4. The SMILES string of the molecule is O=C(NCC1CCCO1)c1nc(C(=O)N2CCOCC2)n2c1CCCC2. The van der Waals surface area contributed by atoms with Gasteiger partial charge in [0.05, 0.1) is 25.0 Å². The number of nitrogens with one attached hydrogen (secondary N) is 1. The molecule has 1 unspecified atom stereocenters. The van der Waals surface area contributed by atoms with Crippen LogP contribution in [0.4, 0.5) is 0 Å². The van der Waals surface area contributed by atoms with Gasteiger partial charge in [-0.3, -0.25) is 9.59 Å². The molecule has 2 amide bonds. The summed E-state index contributed by atoms with van der Waals surface area (Å²) in [5.74, 6) is 0.0886. The number of aromatic nitrogens is 2. The Balaban J connectivity index is 1.53. The Morgan fingerprint density at radius 3 is 2.73 bits per heavy atom. The lowest BCUT2D eigenvalue weighted by molar-refractivity contribution is 0.0291. The van der Waals surface area contributed by atoms with Crippen LogP contribution in [-0.4, -0.2) is 71.8 Å². The van der Waals surface area contributed by atoms with Crippen molar-refractivity contribution in [1.82, 2.24) is 19.8 Å². The second kappa shape index (κ2) is 7.75. The number of hydrogen-bond donors (Lipinski definition) is 1. The Morgan fingerprint density at radius 1 is 1.12 bits per heavy atom. The molecular formula is C18H26N4O4. The molecule has 26 heavy (non-hydrogen) atoms. The van der Waals surface area contributed by atoms with Gasteiger partial charge in [-0.15, -0.1) is 0 Å². The number of ether oxygens (including phenoxy) is 2. The number of hydrogen-bond acceptors (Lipinski definition) is 5. The summed E-state index contributed by atoms with van der Waals surface area (Å²) in [7, 11) is 0. The van der Waals surface area contributed by atoms with E-state index in [0.29, 0.717) is 44.4 Å². The molecule has 0 bridgehead atoms. The second-order valence-corrected chi connectivity index (χ2v) is 7.09. The minimum Gasteiger partial charge on any atom is -0.378 e. The van der Waals surface area contributed by atoms with Gasteiger partial charge in [0, 0.05) is 32.8 Å². The van der Waals surface area contributed by atoms with Gasteiger partial charge < -0.3 is 24.3 Å². The first-order valence-electron chi connectivity index (χ1n) is 9.60. The Hall–Kier alpha value is -1.93. The summed E-state index contributed by atoms with van der Waals surface area (Å²) < 4.78 is 12.8. The summed E-state index contributed by atoms with van der Waals surface area (Å²) >= 11 is 0. The van der Waals surface area contributed by atoms with Crippen molar-refractivity contribution in [1.29, 1.82) is 0 Å². The third-order valence-electron chi connectivity index (χ3n) is 5.34. The highest BCUT2D eigenvalue weighted by molar-refractivity contribution is 5.97. The monoisotopic (exact) mass is 362 g/mol. The van der Waals surface area contributed by atoms with Crippen LogP contribution in [0, 0.1) is 0 Å². The van der Waals surface area contributed by atoms with E-state index in [-0.39, 0.29) is 17.9 Å². The van der Waals surface area contributed by atoms with E-state index in [9.17, 15) is 9.59 Å². The third-order valence-corrected chi connectivity index (χ3v) is 5.34. The minimum absolute atomic E-state index is 0.0897. The van der Waals surface area contributed by atoms with E-state index < -0.39 is 0 Å². The normalized spacial score (nSPS) is 22.9. The highest BCUT2D eigenvalue weighted by atomic mass is 16.5. The number of carbonyl (C=O) groups is 2. The van der Waals surface area contributed by atoms with Crippen LogP contribution < -0.4 is 5.32 Å². The van der Waals surface area contributed by atoms with Gasteiger partial charge in [0.2, 0.25) is 0 Å². The molecule has 1 N–H and O–H groups in total. The number of fused-ring (bicyclic) bond motifs is 1. The van der Waals surface area contributed by atoms with Gasteiger partial charge in [0.1, 0.15) is 5.69 Å². The molecule has 8 heteroatoms. The van der Waals surface area contributed by atoms with E-state index in [0.717, 1.165) is 50.9 Å². The van der Waals surface area contributed by atoms with Gasteiger partial charge >= 0.3 is 0 Å². The highest BCUT2D eigenvalue weighted by Gasteiger charge is 2.30. The van der Waals surface area contributed by atoms with Crippen LogP contribution in [-0.2, 0) is 22.4 Å². The van der Waals surface area contributed by atoms with Crippen molar-refractivity contribution in [3.63, 3.8) is 0 Å². The molecule has 0 spiro atoms. The first kappa shape index (κ1) is 17.5. The van der Waals surface area contributed by atoms with Crippen LogP contribution in [0.25, 0.3) is 0 Å². The van der Waals surface area contributed by atoms with Crippen molar-refractivity contribution < 1.29 is 19.1 Å². The predicted molar refractivity (Wildman–Crippen MR) is 93.2 cm³/mol. The smallest absolute Gasteiger partial charge is 0.290 e. The molecule has 1 aromatic rings. The lowest BCUT2D eigenvalue weighted by Gasteiger charge is -2.27. The summed E-state index contributed by atoms with van der Waals surface area (Å²) in [6, 6.07) is 0. The molecule has 2 saturated heterocycles.